The molecular weight excluding hydrogens is 286 g/mol. The van der Waals surface area contributed by atoms with Crippen molar-refractivity contribution >= 4 is 26.8 Å². The zero-order valence-electron chi connectivity index (χ0n) is 12.3. The van der Waals surface area contributed by atoms with Crippen molar-refractivity contribution < 1.29 is 4.52 Å². The van der Waals surface area contributed by atoms with Crippen LogP contribution in [0.25, 0.3) is 10.3 Å². The van der Waals surface area contributed by atoms with E-state index in [0.717, 1.165) is 47.3 Å². The fraction of sp³-hybridized carbons (Fsp3) is 0.500. The van der Waals surface area contributed by atoms with Crippen LogP contribution in [0.3, 0.4) is 0 Å². The molecule has 0 aliphatic carbocycles. The molecule has 1 fully saturated rings. The molecule has 0 amide bonds. The van der Waals surface area contributed by atoms with Gasteiger partial charge < -0.3 is 9.42 Å². The molecule has 7 heteroatoms. The van der Waals surface area contributed by atoms with E-state index in [1.807, 2.05) is 31.6 Å². The highest BCUT2D eigenvalue weighted by Crippen LogP contribution is 2.40. The van der Waals surface area contributed by atoms with Crippen molar-refractivity contribution in [3.63, 3.8) is 0 Å². The van der Waals surface area contributed by atoms with Crippen LogP contribution in [0.4, 0.5) is 5.13 Å². The summed E-state index contributed by atoms with van der Waals surface area (Å²) in [5.41, 5.74) is 2.94. The maximum atomic E-state index is 5.47. The zero-order valence-corrected chi connectivity index (χ0v) is 13.1. The highest BCUT2D eigenvalue weighted by atomic mass is 32.1. The number of thiazole rings is 1. The molecule has 3 aromatic heterocycles. The lowest BCUT2D eigenvalue weighted by molar-refractivity contribution is 0.358. The van der Waals surface area contributed by atoms with Gasteiger partial charge in [-0.15, -0.1) is 0 Å². The summed E-state index contributed by atoms with van der Waals surface area (Å²) in [5, 5.41) is 9.49. The Balaban J connectivity index is 1.74. The van der Waals surface area contributed by atoms with E-state index in [9.17, 15) is 0 Å². The van der Waals surface area contributed by atoms with E-state index in [4.69, 9.17) is 9.51 Å². The van der Waals surface area contributed by atoms with Crippen molar-refractivity contribution in [3.8, 4) is 0 Å². The van der Waals surface area contributed by atoms with E-state index >= 15 is 0 Å². The molecule has 1 saturated heterocycles. The van der Waals surface area contributed by atoms with Crippen molar-refractivity contribution in [1.29, 1.82) is 0 Å². The second-order valence-electron chi connectivity index (χ2n) is 5.58. The largest absolute Gasteiger partial charge is 0.359 e. The summed E-state index contributed by atoms with van der Waals surface area (Å²) in [6.07, 6.45) is 2.24. The van der Waals surface area contributed by atoms with Crippen LogP contribution in [0.2, 0.25) is 0 Å². The van der Waals surface area contributed by atoms with Crippen molar-refractivity contribution in [2.24, 2.45) is 7.05 Å². The smallest absolute Gasteiger partial charge is 0.188 e. The topological polar surface area (TPSA) is 60.0 Å². The summed E-state index contributed by atoms with van der Waals surface area (Å²) < 4.78 is 8.50. The van der Waals surface area contributed by atoms with Gasteiger partial charge in [0.2, 0.25) is 0 Å². The molecule has 0 bridgehead atoms. The number of hydrogen-bond acceptors (Lipinski definition) is 6. The van der Waals surface area contributed by atoms with E-state index in [1.54, 1.807) is 11.3 Å². The van der Waals surface area contributed by atoms with E-state index in [2.05, 4.69) is 15.2 Å². The molecule has 6 nitrogen and oxygen atoms in total. The third-order valence-electron chi connectivity index (χ3n) is 4.01. The maximum Gasteiger partial charge on any atom is 0.188 e. The molecule has 1 atom stereocenters. The first-order valence-corrected chi connectivity index (χ1v) is 7.95. The normalized spacial score (nSPS) is 19.0. The Kier molecular flexibility index (Phi) is 2.78. The number of aromatic nitrogens is 4. The van der Waals surface area contributed by atoms with Crippen LogP contribution < -0.4 is 4.90 Å². The van der Waals surface area contributed by atoms with Gasteiger partial charge in [-0.2, -0.15) is 5.10 Å². The van der Waals surface area contributed by atoms with Crippen molar-refractivity contribution in [2.45, 2.75) is 32.7 Å². The Morgan fingerprint density at radius 2 is 2.24 bits per heavy atom. The van der Waals surface area contributed by atoms with Gasteiger partial charge in [0.1, 0.15) is 0 Å². The number of nitrogens with zero attached hydrogens (tertiary/aromatic N) is 5. The molecule has 3 aromatic rings. The number of rotatable bonds is 2. The first-order chi connectivity index (χ1) is 10.1. The van der Waals surface area contributed by atoms with E-state index < -0.39 is 0 Å². The monoisotopic (exact) mass is 303 g/mol. The van der Waals surface area contributed by atoms with Crippen LogP contribution in [-0.4, -0.2) is 26.5 Å². The van der Waals surface area contributed by atoms with Gasteiger partial charge in [0, 0.05) is 19.7 Å². The number of hydrogen-bond donors (Lipinski definition) is 0. The van der Waals surface area contributed by atoms with Gasteiger partial charge in [0.05, 0.1) is 22.1 Å². The fourth-order valence-electron chi connectivity index (χ4n) is 3.03. The highest BCUT2D eigenvalue weighted by molar-refractivity contribution is 7.22. The molecule has 1 aliphatic rings. The van der Waals surface area contributed by atoms with Crippen LogP contribution in [0.5, 0.6) is 0 Å². The van der Waals surface area contributed by atoms with Gasteiger partial charge in [0.15, 0.2) is 16.5 Å². The lowest BCUT2D eigenvalue weighted by atomic mass is 10.1. The Bertz CT molecular complexity index is 767. The Hall–Kier alpha value is -1.89. The molecule has 0 spiro atoms. The van der Waals surface area contributed by atoms with Crippen molar-refractivity contribution in [3.05, 3.63) is 23.2 Å². The molecular formula is C14H17N5OS. The number of aryl methyl sites for hydroxylation is 3. The fourth-order valence-corrected chi connectivity index (χ4v) is 4.14. The predicted molar refractivity (Wildman–Crippen MR) is 81.7 cm³/mol. The van der Waals surface area contributed by atoms with Gasteiger partial charge in [-0.05, 0) is 26.7 Å². The van der Waals surface area contributed by atoms with Gasteiger partial charge in [0.25, 0.3) is 0 Å². The highest BCUT2D eigenvalue weighted by Gasteiger charge is 2.31. The first kappa shape index (κ1) is 12.8. The molecule has 1 unspecified atom stereocenters. The summed E-state index contributed by atoms with van der Waals surface area (Å²) in [6, 6.07) is 2.28. The molecule has 0 N–H and O–H groups in total. The number of fused-ring (bicyclic) bond motifs is 1. The summed E-state index contributed by atoms with van der Waals surface area (Å²) in [4.78, 5) is 7.12. The van der Waals surface area contributed by atoms with E-state index in [1.165, 1.54) is 4.70 Å². The standard InChI is InChI=1S/C14H17N5OS/c1-8-7-11(20-17-8)10-5-4-6-19(10)14-15-13-12(21-14)9(2)16-18(13)3/h7,10H,4-6H2,1-3H3. The lowest BCUT2D eigenvalue weighted by Crippen LogP contribution is -2.22. The minimum absolute atomic E-state index is 0.250. The van der Waals surface area contributed by atoms with Crippen LogP contribution in [0.15, 0.2) is 10.6 Å². The molecule has 1 aliphatic heterocycles. The maximum absolute atomic E-state index is 5.47. The third kappa shape index (κ3) is 1.95. The van der Waals surface area contributed by atoms with Crippen LogP contribution in [0, 0.1) is 13.8 Å². The SMILES string of the molecule is Cc1cc(C2CCCN2c2nc3c(s2)c(C)nn3C)on1. The van der Waals surface area contributed by atoms with E-state index in [0.29, 0.717) is 0 Å². The van der Waals surface area contributed by atoms with Crippen LogP contribution in [-0.2, 0) is 7.05 Å². The third-order valence-corrected chi connectivity index (χ3v) is 5.20. The second-order valence-corrected chi connectivity index (χ2v) is 6.56. The zero-order chi connectivity index (χ0) is 14.6. The van der Waals surface area contributed by atoms with Crippen molar-refractivity contribution in [2.75, 3.05) is 11.4 Å². The van der Waals surface area contributed by atoms with Gasteiger partial charge in [-0.1, -0.05) is 16.5 Å². The average molecular weight is 303 g/mol. The second kappa shape index (κ2) is 4.56. The molecule has 4 rings (SSSR count). The Morgan fingerprint density at radius 1 is 1.38 bits per heavy atom. The molecule has 21 heavy (non-hydrogen) atoms. The summed E-state index contributed by atoms with van der Waals surface area (Å²) in [5.74, 6) is 0.944. The summed E-state index contributed by atoms with van der Waals surface area (Å²) in [6.45, 7) is 5.00. The van der Waals surface area contributed by atoms with Crippen LogP contribution in [0.1, 0.15) is 36.0 Å². The van der Waals surface area contributed by atoms with Gasteiger partial charge >= 0.3 is 0 Å². The summed E-state index contributed by atoms with van der Waals surface area (Å²) >= 11 is 1.72. The number of anilines is 1. The van der Waals surface area contributed by atoms with Crippen LogP contribution >= 0.6 is 11.3 Å². The van der Waals surface area contributed by atoms with Gasteiger partial charge in [-0.25, -0.2) is 9.67 Å². The first-order valence-electron chi connectivity index (χ1n) is 7.13. The van der Waals surface area contributed by atoms with Crippen molar-refractivity contribution in [1.82, 2.24) is 19.9 Å². The minimum atomic E-state index is 0.250. The molecule has 0 saturated carbocycles. The average Bonchev–Trinajstić information content (AvgIpc) is 3.17. The van der Waals surface area contributed by atoms with Gasteiger partial charge in [-0.3, -0.25) is 0 Å². The molecule has 0 aromatic carbocycles. The predicted octanol–water partition coefficient (Wildman–Crippen LogP) is 2.98. The molecule has 4 heterocycles. The Labute approximate surface area is 126 Å². The quantitative estimate of drug-likeness (QED) is 0.728. The molecule has 110 valence electrons. The Morgan fingerprint density at radius 3 is 2.95 bits per heavy atom. The molecule has 0 radical (unpaired) electrons. The minimum Gasteiger partial charge on any atom is -0.359 e. The lowest BCUT2D eigenvalue weighted by Gasteiger charge is -2.21. The van der Waals surface area contributed by atoms with E-state index in [-0.39, 0.29) is 6.04 Å². The summed E-state index contributed by atoms with van der Waals surface area (Å²) in [7, 11) is 1.94.